The van der Waals surface area contributed by atoms with Crippen LogP contribution in [0.5, 0.6) is 0 Å². The van der Waals surface area contributed by atoms with Crippen LogP contribution in [0.1, 0.15) is 37.6 Å². The molecule has 3 aromatic rings. The molecular formula is C24H25N. The third-order valence-corrected chi connectivity index (χ3v) is 4.98. The molecule has 0 aliphatic heterocycles. The van der Waals surface area contributed by atoms with Crippen molar-refractivity contribution >= 4 is 16.3 Å². The number of hydrogen-bond donors (Lipinski definition) is 0. The van der Waals surface area contributed by atoms with Crippen molar-refractivity contribution in [3.63, 3.8) is 0 Å². The first-order chi connectivity index (χ1) is 11.9. The van der Waals surface area contributed by atoms with E-state index in [2.05, 4.69) is 99.9 Å². The van der Waals surface area contributed by atoms with Gasteiger partial charge in [-0.1, -0.05) is 80.6 Å². The third-order valence-electron chi connectivity index (χ3n) is 4.98. The lowest BCUT2D eigenvalue weighted by Gasteiger charge is -2.27. The predicted octanol–water partition coefficient (Wildman–Crippen LogP) is 6.48. The van der Waals surface area contributed by atoms with Crippen LogP contribution in [-0.4, -0.2) is 4.98 Å². The van der Waals surface area contributed by atoms with Gasteiger partial charge in [0.15, 0.2) is 0 Å². The summed E-state index contributed by atoms with van der Waals surface area (Å²) >= 11 is 0. The molecule has 1 heterocycles. The second kappa shape index (κ2) is 6.68. The standard InChI is InChI=1S/C24H25N/c1-17-9-8-11-21(15-17)24(4,5)19(3)16-18(2)23-22-12-7-6-10-20(22)13-14-25-23/h6-16H,3H2,1-2,4-5H3/b18-16+. The van der Waals surface area contributed by atoms with Crippen LogP contribution in [0.3, 0.4) is 0 Å². The minimum Gasteiger partial charge on any atom is -0.256 e. The van der Waals surface area contributed by atoms with Gasteiger partial charge in [-0.05, 0) is 42.0 Å². The van der Waals surface area contributed by atoms with Gasteiger partial charge in [0.25, 0.3) is 0 Å². The first-order valence-electron chi connectivity index (χ1n) is 8.68. The Morgan fingerprint density at radius 3 is 2.56 bits per heavy atom. The molecule has 0 unspecified atom stereocenters. The number of pyridine rings is 1. The van der Waals surface area contributed by atoms with E-state index in [1.807, 2.05) is 6.20 Å². The van der Waals surface area contributed by atoms with Gasteiger partial charge in [-0.25, -0.2) is 0 Å². The number of aryl methyl sites for hydroxylation is 1. The second-order valence-electron chi connectivity index (χ2n) is 7.23. The van der Waals surface area contributed by atoms with Gasteiger partial charge >= 0.3 is 0 Å². The van der Waals surface area contributed by atoms with Crippen LogP contribution in [-0.2, 0) is 5.41 Å². The van der Waals surface area contributed by atoms with Crippen molar-refractivity contribution in [1.82, 2.24) is 4.98 Å². The van der Waals surface area contributed by atoms with Crippen molar-refractivity contribution in [1.29, 1.82) is 0 Å². The topological polar surface area (TPSA) is 12.9 Å². The van der Waals surface area contributed by atoms with Crippen LogP contribution in [0.15, 0.2) is 79.0 Å². The van der Waals surface area contributed by atoms with Crippen LogP contribution < -0.4 is 0 Å². The molecule has 0 N–H and O–H groups in total. The molecule has 0 aliphatic rings. The van der Waals surface area contributed by atoms with E-state index in [-0.39, 0.29) is 5.41 Å². The Labute approximate surface area is 150 Å². The van der Waals surface area contributed by atoms with Gasteiger partial charge < -0.3 is 0 Å². The van der Waals surface area contributed by atoms with Gasteiger partial charge in [0.05, 0.1) is 5.69 Å². The highest BCUT2D eigenvalue weighted by Gasteiger charge is 2.23. The first-order valence-corrected chi connectivity index (χ1v) is 8.68. The van der Waals surface area contributed by atoms with Gasteiger partial charge in [0.2, 0.25) is 0 Å². The smallest absolute Gasteiger partial charge is 0.0737 e. The number of fused-ring (bicyclic) bond motifs is 1. The molecule has 0 atom stereocenters. The Morgan fingerprint density at radius 1 is 1.04 bits per heavy atom. The zero-order valence-electron chi connectivity index (χ0n) is 15.5. The average molecular weight is 327 g/mol. The van der Waals surface area contributed by atoms with Crippen molar-refractivity contribution in [2.75, 3.05) is 0 Å². The van der Waals surface area contributed by atoms with E-state index in [1.165, 1.54) is 21.9 Å². The molecule has 25 heavy (non-hydrogen) atoms. The predicted molar refractivity (Wildman–Crippen MR) is 109 cm³/mol. The van der Waals surface area contributed by atoms with E-state index in [9.17, 15) is 0 Å². The SMILES string of the molecule is C=C(/C=C(\C)c1nccc2ccccc12)C(C)(C)c1cccc(C)c1. The first kappa shape index (κ1) is 17.2. The van der Waals surface area contributed by atoms with Gasteiger partial charge in [0, 0.05) is 17.0 Å². The number of hydrogen-bond acceptors (Lipinski definition) is 1. The Hall–Kier alpha value is -2.67. The lowest BCUT2D eigenvalue weighted by molar-refractivity contribution is 0.641. The minimum absolute atomic E-state index is 0.127. The molecule has 0 fully saturated rings. The maximum Gasteiger partial charge on any atom is 0.0737 e. The number of aromatic nitrogens is 1. The lowest BCUT2D eigenvalue weighted by atomic mass is 9.77. The summed E-state index contributed by atoms with van der Waals surface area (Å²) in [5.74, 6) is 0. The summed E-state index contributed by atoms with van der Waals surface area (Å²) in [6.07, 6.45) is 4.06. The highest BCUT2D eigenvalue weighted by atomic mass is 14.7. The molecule has 2 aromatic carbocycles. The summed E-state index contributed by atoms with van der Waals surface area (Å²) in [6, 6.07) is 19.1. The summed E-state index contributed by atoms with van der Waals surface area (Å²) in [6.45, 7) is 13.1. The Bertz CT molecular complexity index is 955. The van der Waals surface area contributed by atoms with Gasteiger partial charge in [0.1, 0.15) is 0 Å². The van der Waals surface area contributed by atoms with E-state index < -0.39 is 0 Å². The third kappa shape index (κ3) is 3.41. The summed E-state index contributed by atoms with van der Waals surface area (Å²) in [5.41, 5.74) is 5.69. The maximum absolute atomic E-state index is 4.62. The van der Waals surface area contributed by atoms with E-state index in [4.69, 9.17) is 0 Å². The molecule has 126 valence electrons. The molecule has 0 bridgehead atoms. The van der Waals surface area contributed by atoms with Crippen molar-refractivity contribution in [2.45, 2.75) is 33.1 Å². The van der Waals surface area contributed by atoms with Gasteiger partial charge in [-0.2, -0.15) is 0 Å². The highest BCUT2D eigenvalue weighted by Crippen LogP contribution is 2.34. The Kier molecular flexibility index (Phi) is 4.59. The average Bonchev–Trinajstić information content (AvgIpc) is 2.61. The van der Waals surface area contributed by atoms with Crippen LogP contribution in [0, 0.1) is 6.92 Å². The molecule has 1 nitrogen and oxygen atoms in total. The molecule has 0 saturated heterocycles. The van der Waals surface area contributed by atoms with Crippen molar-refractivity contribution < 1.29 is 0 Å². The summed E-state index contributed by atoms with van der Waals surface area (Å²) in [7, 11) is 0. The number of benzene rings is 2. The van der Waals surface area contributed by atoms with Crippen LogP contribution in [0.2, 0.25) is 0 Å². The molecule has 0 saturated carbocycles. The molecular weight excluding hydrogens is 302 g/mol. The summed E-state index contributed by atoms with van der Waals surface area (Å²) in [5, 5.41) is 2.39. The fourth-order valence-corrected chi connectivity index (χ4v) is 3.16. The van der Waals surface area contributed by atoms with E-state index in [0.717, 1.165) is 16.8 Å². The summed E-state index contributed by atoms with van der Waals surface area (Å²) in [4.78, 5) is 4.62. The van der Waals surface area contributed by atoms with Crippen molar-refractivity contribution in [3.05, 3.63) is 95.8 Å². The van der Waals surface area contributed by atoms with Crippen LogP contribution in [0.25, 0.3) is 16.3 Å². The monoisotopic (exact) mass is 327 g/mol. The Balaban J connectivity index is 2.00. The zero-order valence-corrected chi connectivity index (χ0v) is 15.5. The van der Waals surface area contributed by atoms with Crippen molar-refractivity contribution in [3.8, 4) is 0 Å². The Morgan fingerprint density at radius 2 is 1.80 bits per heavy atom. The number of nitrogens with zero attached hydrogens (tertiary/aromatic N) is 1. The highest BCUT2D eigenvalue weighted by molar-refractivity contribution is 5.92. The quantitative estimate of drug-likeness (QED) is 0.500. The second-order valence-corrected chi connectivity index (χ2v) is 7.23. The molecule has 3 rings (SSSR count). The fraction of sp³-hybridized carbons (Fsp3) is 0.208. The van der Waals surface area contributed by atoms with E-state index >= 15 is 0 Å². The van der Waals surface area contributed by atoms with Crippen molar-refractivity contribution in [2.24, 2.45) is 0 Å². The molecule has 0 amide bonds. The van der Waals surface area contributed by atoms with Gasteiger partial charge in [-0.3, -0.25) is 4.98 Å². The molecule has 1 heteroatoms. The number of allylic oxidation sites excluding steroid dienone is 3. The summed E-state index contributed by atoms with van der Waals surface area (Å²) < 4.78 is 0. The lowest BCUT2D eigenvalue weighted by Crippen LogP contribution is -2.19. The minimum atomic E-state index is -0.127. The zero-order chi connectivity index (χ0) is 18.0. The maximum atomic E-state index is 4.62. The fourth-order valence-electron chi connectivity index (χ4n) is 3.16. The van der Waals surface area contributed by atoms with Crippen LogP contribution in [0.4, 0.5) is 0 Å². The molecule has 1 aromatic heterocycles. The molecule has 0 radical (unpaired) electrons. The van der Waals surface area contributed by atoms with E-state index in [1.54, 1.807) is 0 Å². The van der Waals surface area contributed by atoms with Crippen LogP contribution >= 0.6 is 0 Å². The normalized spacial score (nSPS) is 12.4. The van der Waals surface area contributed by atoms with Gasteiger partial charge in [-0.15, -0.1) is 0 Å². The van der Waals surface area contributed by atoms with E-state index in [0.29, 0.717) is 0 Å². The largest absolute Gasteiger partial charge is 0.256 e. The number of rotatable bonds is 4. The molecule has 0 aliphatic carbocycles. The molecule has 0 spiro atoms.